The molecule has 0 spiro atoms. The highest BCUT2D eigenvalue weighted by atomic mass is 32.1. The summed E-state index contributed by atoms with van der Waals surface area (Å²) < 4.78 is 5.66. The Kier molecular flexibility index (Phi) is 3.49. The summed E-state index contributed by atoms with van der Waals surface area (Å²) in [7, 11) is 0. The van der Waals surface area contributed by atoms with Crippen LogP contribution < -0.4 is 16.0 Å². The number of nitrogens with zero attached hydrogens (tertiary/aromatic N) is 2. The van der Waals surface area contributed by atoms with E-state index in [0.717, 1.165) is 16.0 Å². The fourth-order valence-electron chi connectivity index (χ4n) is 1.93. The van der Waals surface area contributed by atoms with Gasteiger partial charge in [-0.2, -0.15) is 0 Å². The van der Waals surface area contributed by atoms with Gasteiger partial charge in [0.1, 0.15) is 17.2 Å². The number of para-hydroxylation sites is 1. The van der Waals surface area contributed by atoms with Gasteiger partial charge in [0, 0.05) is 4.88 Å². The summed E-state index contributed by atoms with van der Waals surface area (Å²) in [5, 5.41) is 0.943. The molecule has 1 aromatic carbocycles. The minimum absolute atomic E-state index is 0.311. The standard InChI is InChI=1S/C14H14N4OS/c1-9-7-11-13(18-15)16-12(17-14(11)20-9)8-19-10-5-3-2-4-6-10/h2-7H,8,15H2,1H3,(H,16,17,18). The van der Waals surface area contributed by atoms with Crippen LogP contribution in [0.2, 0.25) is 0 Å². The summed E-state index contributed by atoms with van der Waals surface area (Å²) >= 11 is 1.62. The molecule has 102 valence electrons. The van der Waals surface area contributed by atoms with E-state index in [4.69, 9.17) is 10.6 Å². The number of benzene rings is 1. The molecular formula is C14H14N4OS. The zero-order valence-electron chi connectivity index (χ0n) is 11.0. The second-order valence-electron chi connectivity index (χ2n) is 4.31. The Balaban J connectivity index is 1.88. The number of rotatable bonds is 4. The summed E-state index contributed by atoms with van der Waals surface area (Å²) in [6, 6.07) is 11.6. The lowest BCUT2D eigenvalue weighted by Gasteiger charge is -2.07. The maximum atomic E-state index is 5.66. The summed E-state index contributed by atoms with van der Waals surface area (Å²) in [5.74, 6) is 7.56. The molecule has 3 rings (SSSR count). The van der Waals surface area contributed by atoms with Crippen LogP contribution in [0.3, 0.4) is 0 Å². The number of anilines is 1. The first-order valence-corrected chi connectivity index (χ1v) is 6.99. The Labute approximate surface area is 120 Å². The minimum atomic E-state index is 0.311. The van der Waals surface area contributed by atoms with Crippen molar-refractivity contribution in [1.82, 2.24) is 9.97 Å². The highest BCUT2D eigenvalue weighted by molar-refractivity contribution is 7.18. The lowest BCUT2D eigenvalue weighted by atomic mass is 10.3. The highest BCUT2D eigenvalue weighted by Crippen LogP contribution is 2.28. The van der Waals surface area contributed by atoms with Crippen LogP contribution >= 0.6 is 11.3 Å². The molecule has 0 aliphatic rings. The number of ether oxygens (including phenoxy) is 1. The van der Waals surface area contributed by atoms with E-state index in [2.05, 4.69) is 15.4 Å². The van der Waals surface area contributed by atoms with Crippen molar-refractivity contribution in [2.24, 2.45) is 5.84 Å². The molecule has 20 heavy (non-hydrogen) atoms. The Morgan fingerprint density at radius 1 is 1.25 bits per heavy atom. The Morgan fingerprint density at radius 3 is 2.80 bits per heavy atom. The van der Waals surface area contributed by atoms with E-state index in [-0.39, 0.29) is 0 Å². The molecule has 2 heterocycles. The predicted octanol–water partition coefficient (Wildman–Crippen LogP) is 2.86. The van der Waals surface area contributed by atoms with Crippen LogP contribution in [-0.2, 0) is 6.61 Å². The van der Waals surface area contributed by atoms with E-state index >= 15 is 0 Å². The third-order valence-electron chi connectivity index (χ3n) is 2.81. The second kappa shape index (κ2) is 5.44. The van der Waals surface area contributed by atoms with Crippen molar-refractivity contribution in [3.63, 3.8) is 0 Å². The van der Waals surface area contributed by atoms with Crippen LogP contribution in [0.15, 0.2) is 36.4 Å². The van der Waals surface area contributed by atoms with Gasteiger partial charge in [-0.3, -0.25) is 0 Å². The van der Waals surface area contributed by atoms with Crippen LogP contribution in [0, 0.1) is 6.92 Å². The van der Waals surface area contributed by atoms with E-state index in [1.165, 1.54) is 4.88 Å². The van der Waals surface area contributed by atoms with Crippen molar-refractivity contribution in [1.29, 1.82) is 0 Å². The normalized spacial score (nSPS) is 10.7. The minimum Gasteiger partial charge on any atom is -0.486 e. The molecule has 0 fully saturated rings. The van der Waals surface area contributed by atoms with Gasteiger partial charge in [0.05, 0.1) is 5.39 Å². The predicted molar refractivity (Wildman–Crippen MR) is 80.7 cm³/mol. The molecule has 0 saturated heterocycles. The van der Waals surface area contributed by atoms with E-state index in [1.54, 1.807) is 11.3 Å². The molecule has 0 aliphatic heterocycles. The summed E-state index contributed by atoms with van der Waals surface area (Å²) in [5.41, 5.74) is 2.62. The van der Waals surface area contributed by atoms with E-state index in [0.29, 0.717) is 18.2 Å². The number of nitrogens with one attached hydrogen (secondary N) is 1. The lowest BCUT2D eigenvalue weighted by molar-refractivity contribution is 0.296. The highest BCUT2D eigenvalue weighted by Gasteiger charge is 2.10. The van der Waals surface area contributed by atoms with Crippen molar-refractivity contribution in [2.75, 3.05) is 5.43 Å². The van der Waals surface area contributed by atoms with Crippen LogP contribution in [0.1, 0.15) is 10.7 Å². The van der Waals surface area contributed by atoms with Gasteiger partial charge in [-0.1, -0.05) is 18.2 Å². The summed E-state index contributed by atoms with van der Waals surface area (Å²) in [6.07, 6.45) is 0. The van der Waals surface area contributed by atoms with Gasteiger partial charge in [-0.25, -0.2) is 15.8 Å². The zero-order chi connectivity index (χ0) is 13.9. The van der Waals surface area contributed by atoms with Gasteiger partial charge in [0.15, 0.2) is 11.6 Å². The van der Waals surface area contributed by atoms with Gasteiger partial charge in [-0.15, -0.1) is 11.3 Å². The van der Waals surface area contributed by atoms with Crippen molar-refractivity contribution >= 4 is 27.4 Å². The number of aryl methyl sites for hydroxylation is 1. The third kappa shape index (κ3) is 2.56. The van der Waals surface area contributed by atoms with Crippen molar-refractivity contribution in [2.45, 2.75) is 13.5 Å². The van der Waals surface area contributed by atoms with Gasteiger partial charge in [-0.05, 0) is 25.1 Å². The number of hydrogen-bond acceptors (Lipinski definition) is 6. The largest absolute Gasteiger partial charge is 0.486 e. The van der Waals surface area contributed by atoms with Crippen LogP contribution in [-0.4, -0.2) is 9.97 Å². The first-order chi connectivity index (χ1) is 9.76. The molecule has 0 aliphatic carbocycles. The summed E-state index contributed by atoms with van der Waals surface area (Å²) in [4.78, 5) is 11.0. The number of nitrogens with two attached hydrogens (primary N) is 1. The Hall–Kier alpha value is -2.18. The number of hydrazine groups is 1. The number of aromatic nitrogens is 2. The van der Waals surface area contributed by atoms with E-state index in [1.807, 2.05) is 43.3 Å². The van der Waals surface area contributed by atoms with Gasteiger partial charge in [0.25, 0.3) is 0 Å². The molecule has 0 bridgehead atoms. The quantitative estimate of drug-likeness (QED) is 0.570. The molecule has 0 atom stereocenters. The van der Waals surface area contributed by atoms with E-state index in [9.17, 15) is 0 Å². The molecule has 0 saturated carbocycles. The first-order valence-electron chi connectivity index (χ1n) is 6.18. The van der Waals surface area contributed by atoms with Gasteiger partial charge in [0.2, 0.25) is 0 Å². The van der Waals surface area contributed by atoms with Gasteiger partial charge < -0.3 is 10.2 Å². The van der Waals surface area contributed by atoms with Crippen LogP contribution in [0.4, 0.5) is 5.82 Å². The molecule has 5 nitrogen and oxygen atoms in total. The maximum absolute atomic E-state index is 5.66. The molecule has 3 aromatic rings. The van der Waals surface area contributed by atoms with Crippen LogP contribution in [0.25, 0.3) is 10.2 Å². The Bertz CT molecular complexity index is 727. The third-order valence-corrected chi connectivity index (χ3v) is 3.75. The second-order valence-corrected chi connectivity index (χ2v) is 5.55. The summed E-state index contributed by atoms with van der Waals surface area (Å²) in [6.45, 7) is 2.35. The lowest BCUT2D eigenvalue weighted by Crippen LogP contribution is -2.11. The molecule has 2 aromatic heterocycles. The zero-order valence-corrected chi connectivity index (χ0v) is 11.8. The smallest absolute Gasteiger partial charge is 0.169 e. The van der Waals surface area contributed by atoms with E-state index < -0.39 is 0 Å². The maximum Gasteiger partial charge on any atom is 0.169 e. The number of nitrogen functional groups attached to an aromatic ring is 1. The number of hydrogen-bond donors (Lipinski definition) is 2. The topological polar surface area (TPSA) is 73.1 Å². The first kappa shape index (κ1) is 12.8. The molecule has 6 heteroatoms. The average molecular weight is 286 g/mol. The molecular weight excluding hydrogens is 272 g/mol. The monoisotopic (exact) mass is 286 g/mol. The molecule has 0 unspecified atom stereocenters. The fourth-order valence-corrected chi connectivity index (χ4v) is 2.82. The Morgan fingerprint density at radius 2 is 2.05 bits per heavy atom. The average Bonchev–Trinajstić information content (AvgIpc) is 2.85. The fraction of sp³-hybridized carbons (Fsp3) is 0.143. The number of thiophene rings is 1. The SMILES string of the molecule is Cc1cc2c(NN)nc(COc3ccccc3)nc2s1. The number of fused-ring (bicyclic) bond motifs is 1. The molecule has 0 amide bonds. The van der Waals surface area contributed by atoms with Gasteiger partial charge >= 0.3 is 0 Å². The van der Waals surface area contributed by atoms with Crippen LogP contribution in [0.5, 0.6) is 5.75 Å². The molecule has 0 radical (unpaired) electrons. The van der Waals surface area contributed by atoms with Crippen molar-refractivity contribution in [3.8, 4) is 5.75 Å². The van der Waals surface area contributed by atoms with Crippen molar-refractivity contribution in [3.05, 3.63) is 47.1 Å². The molecule has 3 N–H and O–H groups in total. The van der Waals surface area contributed by atoms with Crippen molar-refractivity contribution < 1.29 is 4.74 Å².